The molecule has 0 aromatic carbocycles. The molecule has 1 rings (SSSR count). The number of rotatable bonds is 6. The van der Waals surface area contributed by atoms with E-state index in [0.717, 1.165) is 0 Å². The summed E-state index contributed by atoms with van der Waals surface area (Å²) in [4.78, 5) is 41.2. The van der Waals surface area contributed by atoms with E-state index < -0.39 is 24.7 Å². The molecular weight excluding hydrogens is 321 g/mol. The SMILES string of the molecule is CC[C@H](N)C(=O)N1C[C@@H](CCB(O)O)C[C@](N)(C(=O)O)C1.O=C=O. The first-order chi connectivity index (χ1) is 11.1. The van der Waals surface area contributed by atoms with Crippen LogP contribution in [0.15, 0.2) is 0 Å². The molecule has 10 nitrogen and oxygen atoms in total. The van der Waals surface area contributed by atoms with Gasteiger partial charge in [-0.1, -0.05) is 13.3 Å². The Morgan fingerprint density at radius 2 is 1.96 bits per heavy atom. The quantitative estimate of drug-likeness (QED) is 0.328. The highest BCUT2D eigenvalue weighted by molar-refractivity contribution is 6.40. The van der Waals surface area contributed by atoms with Gasteiger partial charge in [0.25, 0.3) is 0 Å². The molecule has 0 aliphatic carbocycles. The zero-order valence-electron chi connectivity index (χ0n) is 13.6. The minimum Gasteiger partial charge on any atom is -0.480 e. The van der Waals surface area contributed by atoms with E-state index in [1.807, 2.05) is 0 Å². The van der Waals surface area contributed by atoms with E-state index in [1.165, 1.54) is 4.90 Å². The van der Waals surface area contributed by atoms with Crippen LogP contribution in [-0.4, -0.2) is 69.9 Å². The van der Waals surface area contributed by atoms with Crippen molar-refractivity contribution in [3.63, 3.8) is 0 Å². The van der Waals surface area contributed by atoms with E-state index in [0.29, 0.717) is 19.4 Å². The summed E-state index contributed by atoms with van der Waals surface area (Å²) in [7, 11) is -1.45. The standard InChI is InChI=1S/C12H24BN3O5.CO2/c1-2-9(14)10(17)16-6-8(3-4-13(20)21)5-12(15,7-16)11(18)19;2-1-3/h8-9,20-21H,2-7,14-15H2,1H3,(H,18,19);/t8-,9-,12+;/m0./s1. The minimum atomic E-state index is -1.52. The van der Waals surface area contributed by atoms with Gasteiger partial charge in [-0.3, -0.25) is 9.59 Å². The van der Waals surface area contributed by atoms with Gasteiger partial charge in [-0.2, -0.15) is 9.59 Å². The lowest BCUT2D eigenvalue weighted by Gasteiger charge is -2.42. The van der Waals surface area contributed by atoms with Gasteiger partial charge in [-0.15, -0.1) is 0 Å². The highest BCUT2D eigenvalue weighted by Crippen LogP contribution is 2.28. The molecule has 0 radical (unpaired) electrons. The third-order valence-electron chi connectivity index (χ3n) is 3.93. The molecule has 11 heteroatoms. The smallest absolute Gasteiger partial charge is 0.451 e. The Morgan fingerprint density at radius 1 is 1.42 bits per heavy atom. The van der Waals surface area contributed by atoms with Crippen LogP contribution in [0, 0.1) is 5.92 Å². The fraction of sp³-hybridized carbons (Fsp3) is 0.769. The first kappa shape index (κ1) is 22.2. The van der Waals surface area contributed by atoms with Crippen molar-refractivity contribution in [2.75, 3.05) is 13.1 Å². The zero-order valence-corrected chi connectivity index (χ0v) is 13.6. The first-order valence-corrected chi connectivity index (χ1v) is 7.53. The third kappa shape index (κ3) is 6.77. The van der Waals surface area contributed by atoms with Crippen molar-refractivity contribution in [1.82, 2.24) is 4.90 Å². The number of carbonyl (C=O) groups excluding carboxylic acids is 3. The minimum absolute atomic E-state index is 0.0763. The summed E-state index contributed by atoms with van der Waals surface area (Å²) in [6.07, 6.45) is 1.40. The average Bonchev–Trinajstić information content (AvgIpc) is 2.51. The van der Waals surface area contributed by atoms with Gasteiger partial charge in [0, 0.05) is 13.1 Å². The molecule has 1 fully saturated rings. The summed E-state index contributed by atoms with van der Waals surface area (Å²) < 4.78 is 0. The van der Waals surface area contributed by atoms with Crippen LogP contribution in [0.5, 0.6) is 0 Å². The second-order valence-electron chi connectivity index (χ2n) is 5.91. The van der Waals surface area contributed by atoms with Crippen LogP contribution < -0.4 is 11.5 Å². The molecule has 1 aliphatic rings. The lowest BCUT2D eigenvalue weighted by atomic mass is 9.75. The van der Waals surface area contributed by atoms with Crippen LogP contribution in [0.25, 0.3) is 0 Å². The molecule has 24 heavy (non-hydrogen) atoms. The van der Waals surface area contributed by atoms with Crippen LogP contribution >= 0.6 is 0 Å². The second kappa shape index (κ2) is 10.2. The summed E-state index contributed by atoms with van der Waals surface area (Å²) in [6.45, 7) is 2.04. The maximum atomic E-state index is 12.2. The molecular formula is C13H24BN3O7. The topological polar surface area (TPSA) is 184 Å². The third-order valence-corrected chi connectivity index (χ3v) is 3.93. The van der Waals surface area contributed by atoms with Gasteiger partial charge in [0.1, 0.15) is 5.54 Å². The number of hydrogen-bond donors (Lipinski definition) is 5. The Balaban J connectivity index is 0.00000163. The van der Waals surface area contributed by atoms with Gasteiger partial charge in [-0.25, -0.2) is 0 Å². The Bertz CT molecular complexity index is 470. The molecule has 136 valence electrons. The van der Waals surface area contributed by atoms with E-state index in [-0.39, 0.29) is 37.3 Å². The molecule has 0 aromatic heterocycles. The lowest BCUT2D eigenvalue weighted by molar-refractivity contribution is -0.191. The number of carboxylic acid groups (broad SMARTS) is 1. The van der Waals surface area contributed by atoms with Crippen molar-refractivity contribution in [2.24, 2.45) is 17.4 Å². The van der Waals surface area contributed by atoms with Crippen LogP contribution in [0.1, 0.15) is 26.2 Å². The predicted octanol–water partition coefficient (Wildman–Crippen LogP) is -2.37. The van der Waals surface area contributed by atoms with E-state index in [1.54, 1.807) is 6.92 Å². The number of nitrogens with two attached hydrogens (primary N) is 2. The van der Waals surface area contributed by atoms with Crippen LogP contribution in [0.2, 0.25) is 6.32 Å². The monoisotopic (exact) mass is 345 g/mol. The number of hydrogen-bond acceptors (Lipinski definition) is 8. The molecule has 3 atom stereocenters. The number of piperidine rings is 1. The summed E-state index contributed by atoms with van der Waals surface area (Å²) in [6, 6.07) is -0.676. The van der Waals surface area contributed by atoms with Crippen molar-refractivity contribution >= 4 is 25.1 Å². The van der Waals surface area contributed by atoms with Crippen molar-refractivity contribution < 1.29 is 34.3 Å². The van der Waals surface area contributed by atoms with Crippen LogP contribution in [0.4, 0.5) is 0 Å². The molecule has 1 saturated heterocycles. The number of amides is 1. The fourth-order valence-electron chi connectivity index (χ4n) is 2.67. The second-order valence-corrected chi connectivity index (χ2v) is 5.91. The Kier molecular flexibility index (Phi) is 9.41. The number of carbonyl (C=O) groups is 2. The van der Waals surface area contributed by atoms with Crippen molar-refractivity contribution in [3.05, 3.63) is 0 Å². The van der Waals surface area contributed by atoms with Crippen LogP contribution in [-0.2, 0) is 19.2 Å². The summed E-state index contributed by atoms with van der Waals surface area (Å²) in [5, 5.41) is 27.2. The molecule has 1 aliphatic heterocycles. The summed E-state index contributed by atoms with van der Waals surface area (Å²) >= 11 is 0. The van der Waals surface area contributed by atoms with Gasteiger partial charge in [0.15, 0.2) is 0 Å². The largest absolute Gasteiger partial charge is 0.480 e. The van der Waals surface area contributed by atoms with Crippen molar-refractivity contribution in [1.29, 1.82) is 0 Å². The summed E-state index contributed by atoms with van der Waals surface area (Å²) in [5.74, 6) is -1.68. The number of carboxylic acids is 1. The predicted molar refractivity (Wildman–Crippen MR) is 82.1 cm³/mol. The average molecular weight is 345 g/mol. The van der Waals surface area contributed by atoms with E-state index >= 15 is 0 Å². The molecule has 0 spiro atoms. The van der Waals surface area contributed by atoms with Crippen molar-refractivity contribution in [2.45, 2.75) is 44.1 Å². The van der Waals surface area contributed by atoms with E-state index in [2.05, 4.69) is 0 Å². The molecule has 0 bridgehead atoms. The molecule has 1 heterocycles. The van der Waals surface area contributed by atoms with Gasteiger partial charge in [0.05, 0.1) is 6.04 Å². The maximum Gasteiger partial charge on any atom is 0.451 e. The first-order valence-electron chi connectivity index (χ1n) is 7.53. The fourth-order valence-corrected chi connectivity index (χ4v) is 2.67. The number of aliphatic carboxylic acids is 1. The molecule has 0 unspecified atom stereocenters. The van der Waals surface area contributed by atoms with Gasteiger partial charge >= 0.3 is 19.2 Å². The molecule has 1 amide bonds. The Morgan fingerprint density at radius 3 is 2.38 bits per heavy atom. The number of nitrogens with zero attached hydrogens (tertiary/aromatic N) is 1. The molecule has 0 saturated carbocycles. The molecule has 0 aromatic rings. The maximum absolute atomic E-state index is 12.2. The Hall–Kier alpha value is -1.78. The van der Waals surface area contributed by atoms with Gasteiger partial charge in [0.2, 0.25) is 5.91 Å². The van der Waals surface area contributed by atoms with E-state index in [4.69, 9.17) is 31.1 Å². The van der Waals surface area contributed by atoms with Crippen molar-refractivity contribution in [3.8, 4) is 0 Å². The zero-order chi connectivity index (χ0) is 18.9. The normalized spacial score (nSPS) is 24.2. The lowest BCUT2D eigenvalue weighted by Crippen LogP contribution is -2.64. The molecule has 7 N–H and O–H groups in total. The van der Waals surface area contributed by atoms with Gasteiger partial charge in [-0.05, 0) is 25.1 Å². The summed E-state index contributed by atoms with van der Waals surface area (Å²) in [5.41, 5.74) is 10.1. The van der Waals surface area contributed by atoms with Gasteiger partial charge < -0.3 is 31.5 Å². The highest BCUT2D eigenvalue weighted by atomic mass is 16.4. The van der Waals surface area contributed by atoms with E-state index in [9.17, 15) is 14.7 Å². The Labute approximate surface area is 139 Å². The van der Waals surface area contributed by atoms with Crippen LogP contribution in [0.3, 0.4) is 0 Å². The number of likely N-dealkylation sites (tertiary alicyclic amines) is 1. The highest BCUT2D eigenvalue weighted by Gasteiger charge is 2.44.